The van der Waals surface area contributed by atoms with Crippen LogP contribution in [0.25, 0.3) is 11.4 Å². The van der Waals surface area contributed by atoms with Crippen LogP contribution in [0.1, 0.15) is 33.7 Å². The van der Waals surface area contributed by atoms with Crippen molar-refractivity contribution in [2.75, 3.05) is 6.61 Å². The number of hydrogen-bond acceptors (Lipinski definition) is 14. The van der Waals surface area contributed by atoms with Gasteiger partial charge in [0.15, 0.2) is 12.2 Å². The van der Waals surface area contributed by atoms with Gasteiger partial charge in [0.05, 0.1) is 6.20 Å². The maximum absolute atomic E-state index is 11.9. The number of thiazole rings is 1. The van der Waals surface area contributed by atoms with E-state index in [-0.39, 0.29) is 17.5 Å². The number of esters is 4. The van der Waals surface area contributed by atoms with Crippen LogP contribution in [0.15, 0.2) is 11.6 Å². The van der Waals surface area contributed by atoms with Crippen molar-refractivity contribution in [3.05, 3.63) is 11.6 Å². The second-order valence-corrected chi connectivity index (χ2v) is 8.03. The van der Waals surface area contributed by atoms with Gasteiger partial charge in [-0.2, -0.15) is 0 Å². The van der Waals surface area contributed by atoms with Crippen LogP contribution >= 0.6 is 11.3 Å². The third-order valence-corrected chi connectivity index (χ3v) is 5.17. The molecule has 15 heteroatoms. The summed E-state index contributed by atoms with van der Waals surface area (Å²) in [5.41, 5.74) is 0.577. The van der Waals surface area contributed by atoms with Gasteiger partial charge in [-0.05, 0) is 0 Å². The maximum Gasteiger partial charge on any atom is 0.305 e. The van der Waals surface area contributed by atoms with E-state index in [1.807, 2.05) is 0 Å². The van der Waals surface area contributed by atoms with Crippen molar-refractivity contribution >= 4 is 35.2 Å². The predicted octanol–water partition coefficient (Wildman–Crippen LogP) is 0.363. The highest BCUT2D eigenvalue weighted by molar-refractivity contribution is 7.11. The fourth-order valence-corrected chi connectivity index (χ4v) is 3.91. The molecule has 0 aromatic carbocycles. The van der Waals surface area contributed by atoms with E-state index in [4.69, 9.17) is 23.7 Å². The molecule has 184 valence electrons. The predicted molar refractivity (Wildman–Crippen MR) is 110 cm³/mol. The highest BCUT2D eigenvalue weighted by atomic mass is 32.1. The molecule has 1 aliphatic heterocycles. The van der Waals surface area contributed by atoms with E-state index in [2.05, 4.69) is 15.3 Å². The van der Waals surface area contributed by atoms with Crippen LogP contribution in [0.2, 0.25) is 0 Å². The van der Waals surface area contributed by atoms with Crippen molar-refractivity contribution in [3.8, 4) is 16.6 Å². The van der Waals surface area contributed by atoms with Crippen LogP contribution in [0, 0.1) is 0 Å². The Hall–Kier alpha value is -3.59. The van der Waals surface area contributed by atoms with E-state index in [1.165, 1.54) is 17.8 Å². The van der Waals surface area contributed by atoms with Crippen molar-refractivity contribution in [1.82, 2.24) is 20.0 Å². The highest BCUT2D eigenvalue weighted by Crippen LogP contribution is 2.36. The molecule has 34 heavy (non-hydrogen) atoms. The summed E-state index contributed by atoms with van der Waals surface area (Å²) in [5.74, 6) is -2.81. The number of hydrogen-bond donors (Lipinski definition) is 1. The van der Waals surface area contributed by atoms with Gasteiger partial charge in [0.25, 0.3) is 5.19 Å². The molecule has 1 N–H and O–H groups in total. The zero-order valence-electron chi connectivity index (χ0n) is 18.6. The number of ether oxygens (including phenoxy) is 5. The van der Waals surface area contributed by atoms with E-state index in [0.29, 0.717) is 5.69 Å². The summed E-state index contributed by atoms with van der Waals surface area (Å²) in [6.45, 7) is 4.24. The number of aromatic nitrogens is 4. The Morgan fingerprint density at radius 1 is 1.00 bits per heavy atom. The average Bonchev–Trinajstić information content (AvgIpc) is 3.36. The molecule has 14 nitrogen and oxygen atoms in total. The lowest BCUT2D eigenvalue weighted by atomic mass is 9.95. The molecule has 0 aliphatic carbocycles. The summed E-state index contributed by atoms with van der Waals surface area (Å²) in [5, 5.41) is 19.0. The number of aromatic hydroxyl groups is 1. The van der Waals surface area contributed by atoms with Crippen molar-refractivity contribution in [1.29, 1.82) is 0 Å². The zero-order valence-corrected chi connectivity index (χ0v) is 19.4. The summed E-state index contributed by atoms with van der Waals surface area (Å²) in [4.78, 5) is 50.9. The lowest BCUT2D eigenvalue weighted by Gasteiger charge is -2.44. The number of carbonyl (C=O) groups is 4. The van der Waals surface area contributed by atoms with Gasteiger partial charge in [0.2, 0.25) is 6.29 Å². The molecule has 3 unspecified atom stereocenters. The lowest BCUT2D eigenvalue weighted by Crippen LogP contribution is -2.59. The summed E-state index contributed by atoms with van der Waals surface area (Å²) < 4.78 is 28.1. The van der Waals surface area contributed by atoms with Gasteiger partial charge in [0, 0.05) is 33.1 Å². The molecule has 0 bridgehead atoms. The van der Waals surface area contributed by atoms with Gasteiger partial charge in [0.1, 0.15) is 30.1 Å². The van der Waals surface area contributed by atoms with Gasteiger partial charge in [-0.3, -0.25) is 19.2 Å². The van der Waals surface area contributed by atoms with E-state index >= 15 is 0 Å². The summed E-state index contributed by atoms with van der Waals surface area (Å²) >= 11 is 0.982. The molecule has 0 amide bonds. The zero-order chi connectivity index (χ0) is 25.0. The maximum atomic E-state index is 11.9. The Balaban J connectivity index is 2.08. The first-order valence-electron chi connectivity index (χ1n) is 9.92. The van der Waals surface area contributed by atoms with Gasteiger partial charge in [-0.15, -0.1) is 5.10 Å². The molecule has 1 fully saturated rings. The van der Waals surface area contributed by atoms with Crippen LogP contribution in [0.4, 0.5) is 0 Å². The van der Waals surface area contributed by atoms with Crippen LogP contribution in [-0.2, 0) is 42.9 Å². The first-order valence-corrected chi connectivity index (χ1v) is 10.8. The lowest BCUT2D eigenvalue weighted by molar-refractivity contribution is -0.285. The first kappa shape index (κ1) is 25.0. The molecular weight excluding hydrogens is 476 g/mol. The molecule has 3 heterocycles. The molecule has 1 saturated heterocycles. The Kier molecular flexibility index (Phi) is 7.78. The third-order valence-electron chi connectivity index (χ3n) is 4.52. The van der Waals surface area contributed by atoms with E-state index in [9.17, 15) is 24.3 Å². The van der Waals surface area contributed by atoms with Gasteiger partial charge in [-0.1, -0.05) is 16.6 Å². The van der Waals surface area contributed by atoms with Crippen molar-refractivity contribution < 1.29 is 48.0 Å². The molecule has 3 rings (SSSR count). The van der Waals surface area contributed by atoms with E-state index in [1.54, 1.807) is 5.38 Å². The fraction of sp³-hybridized carbons (Fsp3) is 0.526. The number of carbonyl (C=O) groups excluding carboxylic acids is 4. The smallest absolute Gasteiger partial charge is 0.305 e. The van der Waals surface area contributed by atoms with E-state index in [0.717, 1.165) is 32.1 Å². The highest BCUT2D eigenvalue weighted by Gasteiger charge is 2.53. The summed E-state index contributed by atoms with van der Waals surface area (Å²) in [7, 11) is 0. The molecule has 2 aromatic heterocycles. The topological polar surface area (TPSA) is 178 Å². The standard InChI is InChI=1S/C19H22N4O10S/c1-8(24)29-6-14-16(30-9(2)25)15(17(31-10(3)26)18(33-14)32-11(4)27)23-5-12(21-22-23)13-7-34-19(28)20-13/h5,7,14-18H,6H2,1-4H3,(H,20,28)/t14?,15?,16-,17?,18+/m0/s1. The van der Waals surface area contributed by atoms with E-state index < -0.39 is 54.5 Å². The van der Waals surface area contributed by atoms with Gasteiger partial charge in [-0.25, -0.2) is 9.67 Å². The minimum Gasteiger partial charge on any atom is -0.486 e. The molecule has 0 saturated carbocycles. The number of rotatable bonds is 7. The quantitative estimate of drug-likeness (QED) is 0.409. The first-order chi connectivity index (χ1) is 16.0. The van der Waals surface area contributed by atoms with Crippen LogP contribution in [0.3, 0.4) is 0 Å². The normalized spacial score (nSPS) is 24.2. The molecule has 0 radical (unpaired) electrons. The minimum absolute atomic E-state index is 0.178. The second kappa shape index (κ2) is 10.6. The second-order valence-electron chi connectivity index (χ2n) is 7.19. The minimum atomic E-state index is -1.45. The van der Waals surface area contributed by atoms with Gasteiger partial charge >= 0.3 is 23.9 Å². The Morgan fingerprint density at radius 2 is 1.65 bits per heavy atom. The molecule has 2 aromatic rings. The monoisotopic (exact) mass is 498 g/mol. The Morgan fingerprint density at radius 3 is 2.21 bits per heavy atom. The fourth-order valence-electron chi connectivity index (χ4n) is 3.36. The number of nitrogens with zero attached hydrogens (tertiary/aromatic N) is 4. The molecular formula is C19H22N4O10S. The van der Waals surface area contributed by atoms with Crippen LogP contribution < -0.4 is 0 Å². The van der Waals surface area contributed by atoms with Crippen molar-refractivity contribution in [3.63, 3.8) is 0 Å². The SMILES string of the molecule is CC(=O)OCC1O[C@@H](OC(C)=O)C(OC(C)=O)C(n2cc(-c3csc(O)n3)nn2)[C@H]1OC(C)=O. The summed E-state index contributed by atoms with van der Waals surface area (Å²) in [6, 6.07) is -1.11. The summed E-state index contributed by atoms with van der Waals surface area (Å²) in [6.07, 6.45) is -3.67. The molecule has 1 aliphatic rings. The van der Waals surface area contributed by atoms with Crippen LogP contribution in [0.5, 0.6) is 5.19 Å². The van der Waals surface area contributed by atoms with Crippen molar-refractivity contribution in [2.45, 2.75) is 58.3 Å². The average molecular weight is 498 g/mol. The molecule has 5 atom stereocenters. The Labute approximate surface area is 196 Å². The Bertz CT molecular complexity index is 1070. The van der Waals surface area contributed by atoms with Gasteiger partial charge < -0.3 is 28.8 Å². The molecule has 0 spiro atoms. The largest absolute Gasteiger partial charge is 0.486 e. The van der Waals surface area contributed by atoms with Crippen LogP contribution in [-0.4, -0.2) is 80.2 Å². The van der Waals surface area contributed by atoms with Crippen molar-refractivity contribution in [2.24, 2.45) is 0 Å². The third kappa shape index (κ3) is 6.05.